The fraction of sp³-hybridized carbons (Fsp3) is 0.0667. The summed E-state index contributed by atoms with van der Waals surface area (Å²) in [6, 6.07) is 3.20. The molecule has 0 aliphatic carbocycles. The number of rotatable bonds is 4. The van der Waals surface area contributed by atoms with Gasteiger partial charge in [0, 0.05) is 36.6 Å². The number of aromatic nitrogens is 2. The zero-order valence-corrected chi connectivity index (χ0v) is 12.3. The van der Waals surface area contributed by atoms with Gasteiger partial charge in [0.2, 0.25) is 5.91 Å². The number of anilines is 1. The fourth-order valence-electron chi connectivity index (χ4n) is 1.82. The Hall–Kier alpha value is -2.73. The summed E-state index contributed by atoms with van der Waals surface area (Å²) >= 11 is 6.22. The van der Waals surface area contributed by atoms with Crippen LogP contribution in [0.3, 0.4) is 0 Å². The van der Waals surface area contributed by atoms with E-state index < -0.39 is 5.97 Å². The number of carboxylic acids is 1. The number of aliphatic carboxylic acids is 1. The molecule has 112 valence electrons. The average molecular weight is 318 g/mol. The highest BCUT2D eigenvalue weighted by Crippen LogP contribution is 2.32. The lowest BCUT2D eigenvalue weighted by molar-refractivity contribution is -0.131. The summed E-state index contributed by atoms with van der Waals surface area (Å²) in [5, 5.41) is 11.8. The van der Waals surface area contributed by atoms with Crippen LogP contribution in [0.25, 0.3) is 17.3 Å². The standard InChI is InChI=1S/C15H12ClN3O3/c1-9(20)19-13-7-12(16)11(14-8-17-4-5-18-14)6-10(13)2-3-15(21)22/h2-8H,1H3,(H,19,20)(H,21,22). The van der Waals surface area contributed by atoms with Gasteiger partial charge in [0.15, 0.2) is 0 Å². The molecule has 0 saturated carbocycles. The highest BCUT2D eigenvalue weighted by Gasteiger charge is 2.11. The number of nitrogens with one attached hydrogen (secondary N) is 1. The molecule has 0 spiro atoms. The first kappa shape index (κ1) is 15.7. The number of halogens is 1. The van der Waals surface area contributed by atoms with Crippen LogP contribution < -0.4 is 5.32 Å². The second-order valence-corrected chi connectivity index (χ2v) is 4.77. The van der Waals surface area contributed by atoms with Gasteiger partial charge in [-0.1, -0.05) is 11.6 Å². The molecule has 0 fully saturated rings. The van der Waals surface area contributed by atoms with E-state index in [0.29, 0.717) is 27.5 Å². The topological polar surface area (TPSA) is 92.2 Å². The molecule has 2 aromatic rings. The summed E-state index contributed by atoms with van der Waals surface area (Å²) in [5.41, 5.74) is 2.06. The molecule has 0 saturated heterocycles. The van der Waals surface area contributed by atoms with E-state index in [2.05, 4.69) is 15.3 Å². The van der Waals surface area contributed by atoms with Gasteiger partial charge in [-0.25, -0.2) is 4.79 Å². The smallest absolute Gasteiger partial charge is 0.328 e. The van der Waals surface area contributed by atoms with Crippen molar-refractivity contribution in [1.82, 2.24) is 9.97 Å². The Morgan fingerprint density at radius 3 is 2.68 bits per heavy atom. The Morgan fingerprint density at radius 1 is 1.32 bits per heavy atom. The lowest BCUT2D eigenvalue weighted by Crippen LogP contribution is -2.07. The number of hydrogen-bond acceptors (Lipinski definition) is 4. The van der Waals surface area contributed by atoms with Gasteiger partial charge in [0.1, 0.15) is 0 Å². The summed E-state index contributed by atoms with van der Waals surface area (Å²) in [5.74, 6) is -1.38. The predicted molar refractivity (Wildman–Crippen MR) is 83.5 cm³/mol. The second kappa shape index (κ2) is 6.82. The molecular weight excluding hydrogens is 306 g/mol. The van der Waals surface area contributed by atoms with Crippen molar-refractivity contribution < 1.29 is 14.7 Å². The van der Waals surface area contributed by atoms with Gasteiger partial charge >= 0.3 is 5.97 Å². The van der Waals surface area contributed by atoms with Crippen molar-refractivity contribution in [2.45, 2.75) is 6.92 Å². The van der Waals surface area contributed by atoms with Crippen LogP contribution in [-0.4, -0.2) is 27.0 Å². The molecule has 6 nitrogen and oxygen atoms in total. The zero-order chi connectivity index (χ0) is 16.1. The monoisotopic (exact) mass is 317 g/mol. The molecule has 2 N–H and O–H groups in total. The maximum Gasteiger partial charge on any atom is 0.328 e. The van der Waals surface area contributed by atoms with Crippen LogP contribution >= 0.6 is 11.6 Å². The van der Waals surface area contributed by atoms with Crippen molar-refractivity contribution in [1.29, 1.82) is 0 Å². The minimum Gasteiger partial charge on any atom is -0.478 e. The van der Waals surface area contributed by atoms with Crippen molar-refractivity contribution >= 4 is 35.2 Å². The van der Waals surface area contributed by atoms with Crippen LogP contribution in [0.15, 0.2) is 36.8 Å². The van der Waals surface area contributed by atoms with E-state index in [9.17, 15) is 9.59 Å². The van der Waals surface area contributed by atoms with Crippen LogP contribution in [-0.2, 0) is 9.59 Å². The molecule has 22 heavy (non-hydrogen) atoms. The van der Waals surface area contributed by atoms with Gasteiger partial charge in [0.05, 0.1) is 16.9 Å². The molecule has 0 atom stereocenters. The summed E-state index contributed by atoms with van der Waals surface area (Å²) < 4.78 is 0. The Balaban J connectivity index is 2.56. The first-order chi connectivity index (χ1) is 10.5. The molecule has 0 aliphatic heterocycles. The highest BCUT2D eigenvalue weighted by molar-refractivity contribution is 6.33. The normalized spacial score (nSPS) is 10.6. The molecule has 2 rings (SSSR count). The average Bonchev–Trinajstić information content (AvgIpc) is 2.46. The van der Waals surface area contributed by atoms with Crippen molar-refractivity contribution in [3.05, 3.63) is 47.4 Å². The molecule has 0 radical (unpaired) electrons. The van der Waals surface area contributed by atoms with Crippen molar-refractivity contribution in [3.63, 3.8) is 0 Å². The molecule has 0 aliphatic rings. The number of carbonyl (C=O) groups excluding carboxylic acids is 1. The molecule has 1 amide bonds. The molecule has 0 unspecified atom stereocenters. The van der Waals surface area contributed by atoms with Crippen molar-refractivity contribution in [2.75, 3.05) is 5.32 Å². The second-order valence-electron chi connectivity index (χ2n) is 4.36. The number of amides is 1. The first-order valence-electron chi connectivity index (χ1n) is 6.26. The van der Waals surface area contributed by atoms with E-state index in [1.807, 2.05) is 0 Å². The van der Waals surface area contributed by atoms with Gasteiger partial charge in [-0.2, -0.15) is 0 Å². The summed E-state index contributed by atoms with van der Waals surface area (Å²) in [6.07, 6.45) is 6.97. The van der Waals surface area contributed by atoms with Crippen LogP contribution in [0.5, 0.6) is 0 Å². The number of benzene rings is 1. The maximum absolute atomic E-state index is 11.3. The fourth-order valence-corrected chi connectivity index (χ4v) is 2.08. The molecular formula is C15H12ClN3O3. The minimum absolute atomic E-state index is 0.284. The SMILES string of the molecule is CC(=O)Nc1cc(Cl)c(-c2cnccn2)cc1C=CC(=O)O. The van der Waals surface area contributed by atoms with Gasteiger partial charge in [-0.05, 0) is 23.8 Å². The number of carboxylic acid groups (broad SMARTS) is 1. The van der Waals surface area contributed by atoms with E-state index in [4.69, 9.17) is 16.7 Å². The molecule has 0 bridgehead atoms. The maximum atomic E-state index is 11.3. The van der Waals surface area contributed by atoms with E-state index >= 15 is 0 Å². The lowest BCUT2D eigenvalue weighted by atomic mass is 10.1. The number of nitrogens with zero attached hydrogens (tertiary/aromatic N) is 2. The minimum atomic E-state index is -1.09. The molecule has 1 aromatic heterocycles. The van der Waals surface area contributed by atoms with Gasteiger partial charge in [-0.15, -0.1) is 0 Å². The largest absolute Gasteiger partial charge is 0.478 e. The Labute approximate surface area is 131 Å². The third-order valence-electron chi connectivity index (χ3n) is 2.69. The van der Waals surface area contributed by atoms with E-state index in [1.54, 1.807) is 18.3 Å². The Morgan fingerprint density at radius 2 is 2.09 bits per heavy atom. The Kier molecular flexibility index (Phi) is 4.85. The molecule has 1 aromatic carbocycles. The van der Waals surface area contributed by atoms with Gasteiger partial charge in [-0.3, -0.25) is 14.8 Å². The van der Waals surface area contributed by atoms with E-state index in [0.717, 1.165) is 6.08 Å². The van der Waals surface area contributed by atoms with Crippen LogP contribution in [0.4, 0.5) is 5.69 Å². The lowest BCUT2D eigenvalue weighted by Gasteiger charge is -2.11. The summed E-state index contributed by atoms with van der Waals surface area (Å²) in [6.45, 7) is 1.36. The highest BCUT2D eigenvalue weighted by atomic mass is 35.5. The van der Waals surface area contributed by atoms with Crippen molar-refractivity contribution in [2.24, 2.45) is 0 Å². The summed E-state index contributed by atoms with van der Waals surface area (Å²) in [7, 11) is 0. The summed E-state index contributed by atoms with van der Waals surface area (Å²) in [4.78, 5) is 30.1. The van der Waals surface area contributed by atoms with Crippen molar-refractivity contribution in [3.8, 4) is 11.3 Å². The molecule has 7 heteroatoms. The predicted octanol–water partition coefficient (Wildman–Crippen LogP) is 2.85. The van der Waals surface area contributed by atoms with E-state index in [-0.39, 0.29) is 5.91 Å². The van der Waals surface area contributed by atoms with Gasteiger partial charge in [0.25, 0.3) is 0 Å². The number of carbonyl (C=O) groups is 2. The van der Waals surface area contributed by atoms with E-state index in [1.165, 1.54) is 25.4 Å². The Bertz CT molecular complexity index is 745. The number of hydrogen-bond donors (Lipinski definition) is 2. The van der Waals surface area contributed by atoms with Crippen LogP contribution in [0.2, 0.25) is 5.02 Å². The quantitative estimate of drug-likeness (QED) is 0.846. The first-order valence-corrected chi connectivity index (χ1v) is 6.63. The molecule has 1 heterocycles. The van der Waals surface area contributed by atoms with Crippen LogP contribution in [0, 0.1) is 0 Å². The van der Waals surface area contributed by atoms with Gasteiger partial charge < -0.3 is 10.4 Å². The zero-order valence-electron chi connectivity index (χ0n) is 11.6. The third kappa shape index (κ3) is 3.89. The third-order valence-corrected chi connectivity index (χ3v) is 3.01. The van der Waals surface area contributed by atoms with Crippen LogP contribution in [0.1, 0.15) is 12.5 Å².